The van der Waals surface area contributed by atoms with E-state index in [0.717, 1.165) is 5.56 Å². The van der Waals surface area contributed by atoms with Crippen LogP contribution in [0.15, 0.2) is 28.8 Å². The Kier molecular flexibility index (Phi) is 5.70. The summed E-state index contributed by atoms with van der Waals surface area (Å²) < 4.78 is 5.03. The van der Waals surface area contributed by atoms with Crippen LogP contribution in [0.3, 0.4) is 0 Å². The Bertz CT molecular complexity index is 737. The first-order valence-corrected chi connectivity index (χ1v) is 7.71. The lowest BCUT2D eigenvalue weighted by molar-refractivity contribution is -0.116. The van der Waals surface area contributed by atoms with Gasteiger partial charge in [-0.3, -0.25) is 9.59 Å². The number of rotatable bonds is 6. The van der Waals surface area contributed by atoms with Crippen molar-refractivity contribution in [3.63, 3.8) is 0 Å². The highest BCUT2D eigenvalue weighted by Gasteiger charge is 2.13. The number of nitrogens with zero attached hydrogens (tertiary/aromatic N) is 2. The quantitative estimate of drug-likeness (QED) is 0.848. The fourth-order valence-corrected chi connectivity index (χ4v) is 2.09. The molecule has 1 aromatic carbocycles. The predicted molar refractivity (Wildman–Crippen MR) is 92.2 cm³/mol. The highest BCUT2D eigenvalue weighted by atomic mass is 16.5. The number of carbonyl (C=O) groups excluding carboxylic acids is 2. The van der Waals surface area contributed by atoms with Crippen molar-refractivity contribution in [2.75, 3.05) is 31.3 Å². The monoisotopic (exact) mass is 330 g/mol. The largest absolute Gasteiger partial charge is 0.361 e. The molecule has 0 radical (unpaired) electrons. The fourth-order valence-electron chi connectivity index (χ4n) is 2.09. The van der Waals surface area contributed by atoms with Gasteiger partial charge in [-0.15, -0.1) is 0 Å². The van der Waals surface area contributed by atoms with E-state index in [-0.39, 0.29) is 24.1 Å². The van der Waals surface area contributed by atoms with Gasteiger partial charge in [-0.25, -0.2) is 0 Å². The van der Waals surface area contributed by atoms with Crippen molar-refractivity contribution in [1.82, 2.24) is 10.1 Å². The molecule has 0 aliphatic rings. The Morgan fingerprint density at radius 3 is 2.58 bits per heavy atom. The number of amides is 2. The first-order chi connectivity index (χ1) is 11.4. The molecule has 7 heteroatoms. The van der Waals surface area contributed by atoms with E-state index in [1.807, 2.05) is 34.0 Å². The molecule has 24 heavy (non-hydrogen) atoms. The molecule has 0 atom stereocenters. The highest BCUT2D eigenvalue weighted by molar-refractivity contribution is 6.03. The van der Waals surface area contributed by atoms with Crippen LogP contribution in [0.5, 0.6) is 0 Å². The second kappa shape index (κ2) is 7.74. The second-order valence-corrected chi connectivity index (χ2v) is 5.80. The highest BCUT2D eigenvalue weighted by Crippen LogP contribution is 2.21. The van der Waals surface area contributed by atoms with Crippen LogP contribution in [0.2, 0.25) is 0 Å². The van der Waals surface area contributed by atoms with Crippen molar-refractivity contribution in [2.24, 2.45) is 0 Å². The molecule has 0 fully saturated rings. The van der Waals surface area contributed by atoms with Crippen LogP contribution in [0.1, 0.15) is 28.7 Å². The second-order valence-electron chi connectivity index (χ2n) is 5.80. The van der Waals surface area contributed by atoms with Gasteiger partial charge in [0.1, 0.15) is 5.76 Å². The maximum absolute atomic E-state index is 12.2. The van der Waals surface area contributed by atoms with Crippen LogP contribution in [0.25, 0.3) is 0 Å². The molecule has 2 rings (SSSR count). The zero-order chi connectivity index (χ0) is 17.7. The molecule has 2 aromatic rings. The Labute approximate surface area is 141 Å². The molecular formula is C17H22N4O3. The summed E-state index contributed by atoms with van der Waals surface area (Å²) in [6.07, 6.45) is 0.673. The molecule has 1 heterocycles. The van der Waals surface area contributed by atoms with E-state index in [2.05, 4.69) is 15.8 Å². The van der Waals surface area contributed by atoms with Crippen LogP contribution in [-0.4, -0.2) is 42.5 Å². The number of benzene rings is 1. The normalized spacial score (nSPS) is 10.7. The van der Waals surface area contributed by atoms with Gasteiger partial charge in [-0.2, -0.15) is 0 Å². The summed E-state index contributed by atoms with van der Waals surface area (Å²) in [7, 11) is 3.65. The maximum atomic E-state index is 12.2. The van der Waals surface area contributed by atoms with Gasteiger partial charge < -0.3 is 20.1 Å². The van der Waals surface area contributed by atoms with Crippen LogP contribution in [0, 0.1) is 6.92 Å². The van der Waals surface area contributed by atoms with E-state index in [0.29, 0.717) is 23.6 Å². The van der Waals surface area contributed by atoms with Crippen LogP contribution < -0.4 is 10.6 Å². The third-order valence-electron chi connectivity index (χ3n) is 3.37. The minimum absolute atomic E-state index is 0.115. The van der Waals surface area contributed by atoms with Crippen LogP contribution in [-0.2, 0) is 11.2 Å². The predicted octanol–water partition coefficient (Wildman–Crippen LogP) is 2.30. The molecular weight excluding hydrogens is 308 g/mol. The first-order valence-electron chi connectivity index (χ1n) is 7.71. The topological polar surface area (TPSA) is 87.5 Å². The van der Waals surface area contributed by atoms with E-state index in [1.165, 1.54) is 0 Å². The molecule has 0 unspecified atom stereocenters. The van der Waals surface area contributed by atoms with E-state index >= 15 is 0 Å². The zero-order valence-electron chi connectivity index (χ0n) is 14.3. The van der Waals surface area contributed by atoms with Crippen molar-refractivity contribution < 1.29 is 14.1 Å². The van der Waals surface area contributed by atoms with Gasteiger partial charge in [-0.05, 0) is 38.7 Å². The minimum atomic E-state index is -0.354. The Hall–Kier alpha value is -2.67. The SMILES string of the molecule is CCc1cc(C(=O)Nc2ccc(C)c(NC(=O)CN(C)C)c2)no1. The Morgan fingerprint density at radius 2 is 1.96 bits per heavy atom. The summed E-state index contributed by atoms with van der Waals surface area (Å²) in [6.45, 7) is 4.10. The molecule has 128 valence electrons. The van der Waals surface area contributed by atoms with Crippen molar-refractivity contribution in [2.45, 2.75) is 20.3 Å². The van der Waals surface area contributed by atoms with Gasteiger partial charge in [0.05, 0.1) is 6.54 Å². The summed E-state index contributed by atoms with van der Waals surface area (Å²) in [6, 6.07) is 6.95. The lowest BCUT2D eigenvalue weighted by Crippen LogP contribution is -2.27. The first kappa shape index (κ1) is 17.7. The average Bonchev–Trinajstić information content (AvgIpc) is 2.99. The number of aromatic nitrogens is 1. The van der Waals surface area contributed by atoms with Gasteiger partial charge in [0, 0.05) is 23.9 Å². The van der Waals surface area contributed by atoms with E-state index in [1.54, 1.807) is 23.1 Å². The van der Waals surface area contributed by atoms with Gasteiger partial charge in [0.2, 0.25) is 5.91 Å². The smallest absolute Gasteiger partial charge is 0.277 e. The number of hydrogen-bond donors (Lipinski definition) is 2. The molecule has 0 saturated carbocycles. The summed E-state index contributed by atoms with van der Waals surface area (Å²) in [5, 5.41) is 9.34. The molecule has 0 saturated heterocycles. The van der Waals surface area contributed by atoms with Gasteiger partial charge in [-0.1, -0.05) is 18.1 Å². The van der Waals surface area contributed by atoms with Crippen LogP contribution >= 0.6 is 0 Å². The lowest BCUT2D eigenvalue weighted by atomic mass is 10.1. The summed E-state index contributed by atoms with van der Waals surface area (Å²) >= 11 is 0. The van der Waals surface area contributed by atoms with Crippen molar-refractivity contribution in [1.29, 1.82) is 0 Å². The zero-order valence-corrected chi connectivity index (χ0v) is 14.3. The molecule has 0 bridgehead atoms. The Morgan fingerprint density at radius 1 is 1.21 bits per heavy atom. The van der Waals surface area contributed by atoms with Crippen LogP contribution in [0.4, 0.5) is 11.4 Å². The summed E-state index contributed by atoms with van der Waals surface area (Å²) in [5.41, 5.74) is 2.38. The number of aryl methyl sites for hydroxylation is 2. The average molecular weight is 330 g/mol. The standard InChI is InChI=1S/C17H22N4O3/c1-5-13-9-15(20-24-13)17(23)18-12-7-6-11(2)14(8-12)19-16(22)10-21(3)4/h6-9H,5,10H2,1-4H3,(H,18,23)(H,19,22). The molecule has 1 aromatic heterocycles. The van der Waals surface area contributed by atoms with Gasteiger partial charge in [0.15, 0.2) is 5.69 Å². The van der Waals surface area contributed by atoms with E-state index in [9.17, 15) is 9.59 Å². The van der Waals surface area contributed by atoms with E-state index in [4.69, 9.17) is 4.52 Å². The lowest BCUT2D eigenvalue weighted by Gasteiger charge is -2.13. The number of likely N-dealkylation sites (N-methyl/N-ethyl adjacent to an activating group) is 1. The van der Waals surface area contributed by atoms with Crippen molar-refractivity contribution in [3.05, 3.63) is 41.3 Å². The number of hydrogen-bond acceptors (Lipinski definition) is 5. The van der Waals surface area contributed by atoms with Crippen molar-refractivity contribution in [3.8, 4) is 0 Å². The summed E-state index contributed by atoms with van der Waals surface area (Å²) in [5.74, 6) is 0.184. The maximum Gasteiger partial charge on any atom is 0.277 e. The van der Waals surface area contributed by atoms with Crippen molar-refractivity contribution >= 4 is 23.2 Å². The van der Waals surface area contributed by atoms with E-state index < -0.39 is 0 Å². The number of nitrogens with one attached hydrogen (secondary N) is 2. The third-order valence-corrected chi connectivity index (χ3v) is 3.37. The molecule has 2 amide bonds. The number of anilines is 2. The fraction of sp³-hybridized carbons (Fsp3) is 0.353. The Balaban J connectivity index is 2.09. The minimum Gasteiger partial charge on any atom is -0.361 e. The van der Waals surface area contributed by atoms with Gasteiger partial charge in [0.25, 0.3) is 5.91 Å². The summed E-state index contributed by atoms with van der Waals surface area (Å²) in [4.78, 5) is 25.9. The third kappa shape index (κ3) is 4.66. The number of carbonyl (C=O) groups is 2. The molecule has 0 spiro atoms. The molecule has 7 nitrogen and oxygen atoms in total. The molecule has 0 aliphatic carbocycles. The molecule has 2 N–H and O–H groups in total. The van der Waals surface area contributed by atoms with Gasteiger partial charge >= 0.3 is 0 Å². The molecule has 0 aliphatic heterocycles.